The molecular formula is C14H12ClFN2O2. The maximum absolute atomic E-state index is 13.0. The van der Waals surface area contributed by atoms with Gasteiger partial charge in [0.2, 0.25) is 0 Å². The molecular weight excluding hydrogens is 283 g/mol. The molecule has 2 aromatic carbocycles. The minimum absolute atomic E-state index is 0.0378. The Balaban J connectivity index is 2.17. The van der Waals surface area contributed by atoms with Crippen LogP contribution in [0.4, 0.5) is 4.39 Å². The summed E-state index contributed by atoms with van der Waals surface area (Å²) in [6.45, 7) is 0.190. The van der Waals surface area contributed by atoms with E-state index in [-0.39, 0.29) is 17.5 Å². The van der Waals surface area contributed by atoms with Crippen molar-refractivity contribution in [2.24, 2.45) is 10.9 Å². The first-order valence-corrected chi connectivity index (χ1v) is 6.13. The maximum Gasteiger partial charge on any atom is 0.173 e. The smallest absolute Gasteiger partial charge is 0.173 e. The molecule has 0 spiro atoms. The van der Waals surface area contributed by atoms with Gasteiger partial charge in [0.1, 0.15) is 18.2 Å². The molecule has 0 unspecified atom stereocenters. The lowest BCUT2D eigenvalue weighted by Gasteiger charge is -2.10. The highest BCUT2D eigenvalue weighted by Gasteiger charge is 2.08. The fraction of sp³-hybridized carbons (Fsp3) is 0.0714. The van der Waals surface area contributed by atoms with Gasteiger partial charge in [0.05, 0.1) is 10.6 Å². The zero-order valence-electron chi connectivity index (χ0n) is 10.4. The zero-order valence-corrected chi connectivity index (χ0v) is 11.1. The Kier molecular flexibility index (Phi) is 4.42. The van der Waals surface area contributed by atoms with Gasteiger partial charge in [-0.15, -0.1) is 0 Å². The van der Waals surface area contributed by atoms with Gasteiger partial charge in [-0.1, -0.05) is 35.0 Å². The molecule has 2 aromatic rings. The summed E-state index contributed by atoms with van der Waals surface area (Å²) in [4.78, 5) is 0. The molecule has 0 amide bonds. The number of rotatable bonds is 4. The van der Waals surface area contributed by atoms with E-state index in [1.54, 1.807) is 30.3 Å². The van der Waals surface area contributed by atoms with Crippen molar-refractivity contribution < 1.29 is 14.3 Å². The van der Waals surface area contributed by atoms with Crippen LogP contribution in [0, 0.1) is 5.82 Å². The Labute approximate surface area is 120 Å². The van der Waals surface area contributed by atoms with Crippen LogP contribution in [-0.4, -0.2) is 11.0 Å². The van der Waals surface area contributed by atoms with Crippen LogP contribution in [0.25, 0.3) is 0 Å². The van der Waals surface area contributed by atoms with E-state index < -0.39 is 5.82 Å². The van der Waals surface area contributed by atoms with Gasteiger partial charge in [0.25, 0.3) is 0 Å². The lowest BCUT2D eigenvalue weighted by atomic mass is 10.2. The molecule has 0 bridgehead atoms. The molecule has 104 valence electrons. The molecule has 3 N–H and O–H groups in total. The third-order valence-electron chi connectivity index (χ3n) is 2.65. The highest BCUT2D eigenvalue weighted by atomic mass is 35.5. The Bertz CT molecular complexity index is 647. The van der Waals surface area contributed by atoms with E-state index in [0.717, 1.165) is 0 Å². The van der Waals surface area contributed by atoms with Crippen molar-refractivity contribution in [3.05, 3.63) is 64.4 Å². The van der Waals surface area contributed by atoms with Crippen LogP contribution in [0.3, 0.4) is 0 Å². The molecule has 4 nitrogen and oxygen atoms in total. The molecule has 20 heavy (non-hydrogen) atoms. The van der Waals surface area contributed by atoms with Crippen LogP contribution in [0.15, 0.2) is 47.6 Å². The number of nitrogens with two attached hydrogens (primary N) is 1. The summed E-state index contributed by atoms with van der Waals surface area (Å²) in [7, 11) is 0. The quantitative estimate of drug-likeness (QED) is 0.394. The number of ether oxygens (including phenoxy) is 1. The number of benzene rings is 2. The minimum atomic E-state index is -0.479. The first-order chi connectivity index (χ1) is 9.61. The van der Waals surface area contributed by atoms with Crippen LogP contribution < -0.4 is 10.5 Å². The molecule has 0 fully saturated rings. The summed E-state index contributed by atoms with van der Waals surface area (Å²) in [5, 5.41) is 11.7. The van der Waals surface area contributed by atoms with E-state index >= 15 is 0 Å². The van der Waals surface area contributed by atoms with E-state index in [1.807, 2.05) is 0 Å². The lowest BCUT2D eigenvalue weighted by Crippen LogP contribution is -2.14. The molecule has 0 aliphatic carbocycles. The molecule has 0 radical (unpaired) electrons. The van der Waals surface area contributed by atoms with Crippen molar-refractivity contribution in [1.29, 1.82) is 0 Å². The fourth-order valence-electron chi connectivity index (χ4n) is 1.65. The van der Waals surface area contributed by atoms with Crippen LogP contribution in [0.1, 0.15) is 11.1 Å². The van der Waals surface area contributed by atoms with Crippen LogP contribution in [0.2, 0.25) is 5.02 Å². The summed E-state index contributed by atoms with van der Waals surface area (Å²) in [6, 6.07) is 11.2. The normalized spacial score (nSPS) is 11.4. The third-order valence-corrected chi connectivity index (χ3v) is 2.94. The predicted molar refractivity (Wildman–Crippen MR) is 74.7 cm³/mol. The van der Waals surface area contributed by atoms with Crippen LogP contribution in [-0.2, 0) is 6.61 Å². The number of nitrogens with zero attached hydrogens (tertiary/aromatic N) is 1. The minimum Gasteiger partial charge on any atom is -0.488 e. The topological polar surface area (TPSA) is 67.8 Å². The summed E-state index contributed by atoms with van der Waals surface area (Å²) >= 11 is 5.70. The standard InChI is InChI=1S/C14H12ClFN2O2/c15-11-7-9(5-6-12(11)16)8-20-13-4-2-1-3-10(13)14(17)18-19/h1-7,19H,8H2,(H2,17,18). The summed E-state index contributed by atoms with van der Waals surface area (Å²) in [5.41, 5.74) is 6.75. The number of halogens is 2. The number of para-hydroxylation sites is 1. The van der Waals surface area contributed by atoms with Gasteiger partial charge < -0.3 is 15.7 Å². The van der Waals surface area contributed by atoms with Gasteiger partial charge >= 0.3 is 0 Å². The lowest BCUT2D eigenvalue weighted by molar-refractivity contribution is 0.303. The molecule has 2 rings (SSSR count). The van der Waals surface area contributed by atoms with Gasteiger partial charge in [0.15, 0.2) is 5.84 Å². The highest BCUT2D eigenvalue weighted by Crippen LogP contribution is 2.21. The number of amidine groups is 1. The fourth-order valence-corrected chi connectivity index (χ4v) is 1.85. The van der Waals surface area contributed by atoms with Crippen molar-refractivity contribution in [1.82, 2.24) is 0 Å². The van der Waals surface area contributed by atoms with Crippen molar-refractivity contribution in [2.45, 2.75) is 6.61 Å². The first kappa shape index (κ1) is 14.1. The van der Waals surface area contributed by atoms with E-state index in [9.17, 15) is 4.39 Å². The Morgan fingerprint density at radius 3 is 2.75 bits per heavy atom. The highest BCUT2D eigenvalue weighted by molar-refractivity contribution is 6.30. The van der Waals surface area contributed by atoms with E-state index in [4.69, 9.17) is 27.3 Å². The summed E-state index contributed by atoms with van der Waals surface area (Å²) < 4.78 is 18.6. The SMILES string of the molecule is N/C(=N/O)c1ccccc1OCc1ccc(F)c(Cl)c1. The largest absolute Gasteiger partial charge is 0.488 e. The molecule has 0 aliphatic rings. The summed E-state index contributed by atoms with van der Waals surface area (Å²) in [6.07, 6.45) is 0. The second-order valence-corrected chi connectivity index (χ2v) is 4.43. The molecule has 0 heterocycles. The molecule has 0 saturated heterocycles. The van der Waals surface area contributed by atoms with Crippen LogP contribution in [0.5, 0.6) is 5.75 Å². The Morgan fingerprint density at radius 1 is 1.30 bits per heavy atom. The second-order valence-electron chi connectivity index (χ2n) is 4.02. The van der Waals surface area contributed by atoms with Crippen molar-refractivity contribution in [3.63, 3.8) is 0 Å². The van der Waals surface area contributed by atoms with E-state index in [2.05, 4.69) is 5.16 Å². The average Bonchev–Trinajstić information content (AvgIpc) is 2.48. The predicted octanol–water partition coefficient (Wildman–Crippen LogP) is 3.15. The Morgan fingerprint density at radius 2 is 2.05 bits per heavy atom. The molecule has 6 heteroatoms. The molecule has 0 saturated carbocycles. The van der Waals surface area contributed by atoms with E-state index in [1.165, 1.54) is 12.1 Å². The number of oxime groups is 1. The van der Waals surface area contributed by atoms with Gasteiger partial charge in [-0.3, -0.25) is 0 Å². The first-order valence-electron chi connectivity index (χ1n) is 5.75. The van der Waals surface area contributed by atoms with Crippen molar-refractivity contribution in [3.8, 4) is 5.75 Å². The van der Waals surface area contributed by atoms with E-state index in [0.29, 0.717) is 16.9 Å². The van der Waals surface area contributed by atoms with Gasteiger partial charge in [-0.05, 0) is 29.8 Å². The summed E-state index contributed by atoms with van der Waals surface area (Å²) in [5.74, 6) is -0.0616. The monoisotopic (exact) mass is 294 g/mol. The number of hydrogen-bond donors (Lipinski definition) is 2. The molecule has 0 aliphatic heterocycles. The maximum atomic E-state index is 13.0. The average molecular weight is 295 g/mol. The number of hydrogen-bond acceptors (Lipinski definition) is 3. The molecule has 0 atom stereocenters. The van der Waals surface area contributed by atoms with Gasteiger partial charge in [0, 0.05) is 0 Å². The van der Waals surface area contributed by atoms with Crippen LogP contribution >= 0.6 is 11.6 Å². The Hall–Kier alpha value is -2.27. The zero-order chi connectivity index (χ0) is 14.5. The van der Waals surface area contributed by atoms with Gasteiger partial charge in [-0.2, -0.15) is 0 Å². The van der Waals surface area contributed by atoms with Gasteiger partial charge in [-0.25, -0.2) is 4.39 Å². The molecule has 0 aromatic heterocycles. The second kappa shape index (κ2) is 6.25. The third kappa shape index (κ3) is 3.19. The van der Waals surface area contributed by atoms with Crippen molar-refractivity contribution in [2.75, 3.05) is 0 Å². The van der Waals surface area contributed by atoms with Crippen molar-refractivity contribution >= 4 is 17.4 Å².